The standard InChI is InChI=1S/C19H15F2NO3/c20-15-6-5-12(11-16(15)21)17(23)22-9-7-19(8-10-22)14-4-2-1-3-13(14)18(24)25-19/h1-6,11H,7-10H2. The van der Waals surface area contributed by atoms with Crippen molar-refractivity contribution in [2.45, 2.75) is 18.4 Å². The molecule has 0 saturated carbocycles. The lowest BCUT2D eigenvalue weighted by Gasteiger charge is -2.38. The van der Waals surface area contributed by atoms with Crippen LogP contribution in [0.15, 0.2) is 42.5 Å². The second-order valence-electron chi connectivity index (χ2n) is 6.35. The van der Waals surface area contributed by atoms with E-state index in [1.807, 2.05) is 12.1 Å². The van der Waals surface area contributed by atoms with E-state index in [0.717, 1.165) is 17.7 Å². The van der Waals surface area contributed by atoms with Crippen LogP contribution in [0.2, 0.25) is 0 Å². The summed E-state index contributed by atoms with van der Waals surface area (Å²) < 4.78 is 32.0. The zero-order chi connectivity index (χ0) is 17.6. The number of ether oxygens (including phenoxy) is 1. The first kappa shape index (κ1) is 15.7. The predicted octanol–water partition coefficient (Wildman–Crippen LogP) is 3.27. The molecule has 2 heterocycles. The number of nitrogens with zero attached hydrogens (tertiary/aromatic N) is 1. The van der Waals surface area contributed by atoms with E-state index in [-0.39, 0.29) is 17.4 Å². The predicted molar refractivity (Wildman–Crippen MR) is 85.0 cm³/mol. The van der Waals surface area contributed by atoms with Gasteiger partial charge in [0.1, 0.15) is 5.60 Å². The highest BCUT2D eigenvalue weighted by Crippen LogP contribution is 2.44. The summed E-state index contributed by atoms with van der Waals surface area (Å²) in [4.78, 5) is 26.1. The quantitative estimate of drug-likeness (QED) is 0.747. The Kier molecular flexibility index (Phi) is 3.56. The van der Waals surface area contributed by atoms with Crippen molar-refractivity contribution in [3.05, 3.63) is 70.8 Å². The van der Waals surface area contributed by atoms with Crippen LogP contribution in [-0.4, -0.2) is 29.9 Å². The third-order valence-electron chi connectivity index (χ3n) is 4.95. The number of likely N-dealkylation sites (tertiary alicyclic amines) is 1. The molecule has 0 radical (unpaired) electrons. The molecule has 4 nitrogen and oxygen atoms in total. The van der Waals surface area contributed by atoms with Crippen LogP contribution in [0.5, 0.6) is 0 Å². The van der Waals surface area contributed by atoms with Crippen LogP contribution in [-0.2, 0) is 10.3 Å². The number of piperidine rings is 1. The zero-order valence-corrected chi connectivity index (χ0v) is 13.3. The van der Waals surface area contributed by atoms with Crippen molar-refractivity contribution in [3.63, 3.8) is 0 Å². The van der Waals surface area contributed by atoms with Gasteiger partial charge in [-0.1, -0.05) is 18.2 Å². The fourth-order valence-corrected chi connectivity index (χ4v) is 3.60. The van der Waals surface area contributed by atoms with Crippen molar-refractivity contribution in [2.75, 3.05) is 13.1 Å². The normalized spacial score (nSPS) is 18.2. The molecule has 1 amide bonds. The second-order valence-corrected chi connectivity index (χ2v) is 6.35. The molecule has 1 saturated heterocycles. The van der Waals surface area contributed by atoms with Gasteiger partial charge in [-0.15, -0.1) is 0 Å². The maximum absolute atomic E-state index is 13.4. The maximum Gasteiger partial charge on any atom is 0.339 e. The lowest BCUT2D eigenvalue weighted by atomic mass is 9.83. The van der Waals surface area contributed by atoms with Gasteiger partial charge < -0.3 is 9.64 Å². The fraction of sp³-hybridized carbons (Fsp3) is 0.263. The van der Waals surface area contributed by atoms with Crippen LogP contribution < -0.4 is 0 Å². The van der Waals surface area contributed by atoms with Crippen LogP contribution in [0.3, 0.4) is 0 Å². The lowest BCUT2D eigenvalue weighted by Crippen LogP contribution is -2.45. The summed E-state index contributed by atoms with van der Waals surface area (Å²) in [5.74, 6) is -2.72. The molecule has 4 rings (SSSR count). The average molecular weight is 343 g/mol. The summed E-state index contributed by atoms with van der Waals surface area (Å²) in [6.07, 6.45) is 0.955. The van der Waals surface area contributed by atoms with Gasteiger partial charge in [-0.3, -0.25) is 4.79 Å². The number of carbonyl (C=O) groups excluding carboxylic acids is 2. The Hall–Kier alpha value is -2.76. The van der Waals surface area contributed by atoms with Gasteiger partial charge in [0.15, 0.2) is 11.6 Å². The van der Waals surface area contributed by atoms with Crippen molar-refractivity contribution < 1.29 is 23.1 Å². The largest absolute Gasteiger partial charge is 0.450 e. The van der Waals surface area contributed by atoms with Gasteiger partial charge >= 0.3 is 5.97 Å². The molecule has 2 aromatic carbocycles. The molecule has 2 aliphatic heterocycles. The molecular weight excluding hydrogens is 328 g/mol. The summed E-state index contributed by atoms with van der Waals surface area (Å²) in [5, 5.41) is 0. The summed E-state index contributed by atoms with van der Waals surface area (Å²) in [6, 6.07) is 10.4. The monoisotopic (exact) mass is 343 g/mol. The lowest BCUT2D eigenvalue weighted by molar-refractivity contribution is -0.0389. The second kappa shape index (κ2) is 5.65. The van der Waals surface area contributed by atoms with Crippen LogP contribution >= 0.6 is 0 Å². The molecule has 1 spiro atoms. The minimum atomic E-state index is -1.04. The number of halogens is 2. The molecule has 1 fully saturated rings. The number of esters is 1. The first-order valence-electron chi connectivity index (χ1n) is 8.07. The smallest absolute Gasteiger partial charge is 0.339 e. The highest BCUT2D eigenvalue weighted by Gasteiger charge is 2.47. The van der Waals surface area contributed by atoms with Crippen LogP contribution in [0.25, 0.3) is 0 Å². The van der Waals surface area contributed by atoms with E-state index in [9.17, 15) is 18.4 Å². The number of amides is 1. The molecule has 0 atom stereocenters. The molecular formula is C19H15F2NO3. The Morgan fingerprint density at radius 2 is 1.76 bits per heavy atom. The summed E-state index contributed by atoms with van der Waals surface area (Å²) in [7, 11) is 0. The first-order chi connectivity index (χ1) is 12.0. The van der Waals surface area contributed by atoms with Crippen molar-refractivity contribution >= 4 is 11.9 Å². The molecule has 0 N–H and O–H groups in total. The van der Waals surface area contributed by atoms with E-state index in [1.54, 1.807) is 17.0 Å². The molecule has 2 aliphatic rings. The number of carbonyl (C=O) groups is 2. The third kappa shape index (κ3) is 2.49. The van der Waals surface area contributed by atoms with Crippen molar-refractivity contribution in [3.8, 4) is 0 Å². The highest BCUT2D eigenvalue weighted by molar-refractivity contribution is 5.95. The van der Waals surface area contributed by atoms with Crippen molar-refractivity contribution in [1.82, 2.24) is 4.90 Å². The Bertz CT molecular complexity index is 873. The minimum absolute atomic E-state index is 0.110. The van der Waals surface area contributed by atoms with Crippen LogP contribution in [0, 0.1) is 11.6 Å². The van der Waals surface area contributed by atoms with Crippen LogP contribution in [0.1, 0.15) is 39.1 Å². The number of hydrogen-bond donors (Lipinski definition) is 0. The van der Waals surface area contributed by atoms with Gasteiger partial charge in [0, 0.05) is 37.1 Å². The summed E-state index contributed by atoms with van der Waals surface area (Å²) >= 11 is 0. The third-order valence-corrected chi connectivity index (χ3v) is 4.95. The van der Waals surface area contributed by atoms with E-state index in [0.29, 0.717) is 31.5 Å². The number of hydrogen-bond acceptors (Lipinski definition) is 3. The maximum atomic E-state index is 13.4. The molecule has 6 heteroatoms. The Balaban J connectivity index is 1.53. The summed E-state index contributed by atoms with van der Waals surface area (Å²) in [5.41, 5.74) is 0.847. The zero-order valence-electron chi connectivity index (χ0n) is 13.3. The molecule has 128 valence electrons. The van der Waals surface area contributed by atoms with Gasteiger partial charge in [0.2, 0.25) is 0 Å². The fourth-order valence-electron chi connectivity index (χ4n) is 3.60. The highest BCUT2D eigenvalue weighted by atomic mass is 19.2. The Morgan fingerprint density at radius 1 is 1.04 bits per heavy atom. The van der Waals surface area contributed by atoms with Gasteiger partial charge in [-0.25, -0.2) is 13.6 Å². The first-order valence-corrected chi connectivity index (χ1v) is 8.07. The van der Waals surface area contributed by atoms with E-state index >= 15 is 0 Å². The van der Waals surface area contributed by atoms with Gasteiger partial charge in [0.25, 0.3) is 5.91 Å². The number of rotatable bonds is 1. The van der Waals surface area contributed by atoms with Crippen molar-refractivity contribution in [1.29, 1.82) is 0 Å². The number of fused-ring (bicyclic) bond motifs is 2. The minimum Gasteiger partial charge on any atom is -0.450 e. The van der Waals surface area contributed by atoms with Gasteiger partial charge in [-0.2, -0.15) is 0 Å². The molecule has 0 aliphatic carbocycles. The van der Waals surface area contributed by atoms with Crippen molar-refractivity contribution in [2.24, 2.45) is 0 Å². The topological polar surface area (TPSA) is 46.6 Å². The summed E-state index contributed by atoms with van der Waals surface area (Å²) in [6.45, 7) is 0.749. The van der Waals surface area contributed by atoms with E-state index in [1.165, 1.54) is 6.07 Å². The molecule has 2 aromatic rings. The van der Waals surface area contributed by atoms with Gasteiger partial charge in [-0.05, 0) is 24.3 Å². The molecule has 0 unspecified atom stereocenters. The number of benzene rings is 2. The Labute approximate surface area is 143 Å². The van der Waals surface area contributed by atoms with Gasteiger partial charge in [0.05, 0.1) is 5.56 Å². The van der Waals surface area contributed by atoms with E-state index < -0.39 is 17.2 Å². The molecule has 0 aromatic heterocycles. The Morgan fingerprint density at radius 3 is 2.48 bits per heavy atom. The average Bonchev–Trinajstić information content (AvgIpc) is 2.90. The van der Waals surface area contributed by atoms with E-state index in [4.69, 9.17) is 4.74 Å². The molecule has 0 bridgehead atoms. The van der Waals surface area contributed by atoms with Crippen LogP contribution in [0.4, 0.5) is 8.78 Å². The SMILES string of the molecule is O=C1OC2(CCN(C(=O)c3ccc(F)c(F)c3)CC2)c2ccccc21. The molecule has 25 heavy (non-hydrogen) atoms. The van der Waals surface area contributed by atoms with E-state index in [2.05, 4.69) is 0 Å².